The molecule has 1 aliphatic rings. The molecule has 0 amide bonds. The van der Waals surface area contributed by atoms with Crippen LogP contribution in [0.2, 0.25) is 0 Å². The van der Waals surface area contributed by atoms with Gasteiger partial charge in [0.05, 0.1) is 31.6 Å². The van der Waals surface area contributed by atoms with Crippen LogP contribution in [0.3, 0.4) is 0 Å². The Hall–Kier alpha value is -1.39. The Morgan fingerprint density at radius 3 is 2.42 bits per heavy atom. The van der Waals surface area contributed by atoms with Crippen molar-refractivity contribution in [1.82, 2.24) is 4.98 Å². The molecule has 0 spiro atoms. The predicted octanol–water partition coefficient (Wildman–Crippen LogP) is 5.09. The minimum atomic E-state index is 0. The van der Waals surface area contributed by atoms with Gasteiger partial charge in [-0.3, -0.25) is 4.98 Å². The van der Waals surface area contributed by atoms with E-state index in [1.54, 1.807) is 14.2 Å². The highest BCUT2D eigenvalue weighted by Crippen LogP contribution is 2.33. The fourth-order valence-electron chi connectivity index (χ4n) is 3.34. The highest BCUT2D eigenvalue weighted by atomic mass is 35.5. The molecule has 0 radical (unpaired) electrons. The van der Waals surface area contributed by atoms with Gasteiger partial charge < -0.3 is 14.8 Å². The van der Waals surface area contributed by atoms with Crippen molar-refractivity contribution < 1.29 is 9.47 Å². The molecule has 0 unspecified atom stereocenters. The average Bonchev–Trinajstić information content (AvgIpc) is 2.53. The first-order valence-corrected chi connectivity index (χ1v) is 7.98. The van der Waals surface area contributed by atoms with E-state index in [1.165, 1.54) is 25.7 Å². The van der Waals surface area contributed by atoms with Crippen LogP contribution in [0.15, 0.2) is 24.4 Å². The molecule has 134 valence electrons. The first-order chi connectivity index (χ1) is 10.7. The first kappa shape index (κ1) is 20.7. The minimum Gasteiger partial charge on any atom is -0.493 e. The lowest BCUT2D eigenvalue weighted by Gasteiger charge is -2.28. The highest BCUT2D eigenvalue weighted by Gasteiger charge is 2.18. The molecule has 1 aromatic heterocycles. The predicted molar refractivity (Wildman–Crippen MR) is 104 cm³/mol. The van der Waals surface area contributed by atoms with Crippen LogP contribution in [0, 0.1) is 5.92 Å². The summed E-state index contributed by atoms with van der Waals surface area (Å²) in [5.74, 6) is 2.26. The van der Waals surface area contributed by atoms with Crippen molar-refractivity contribution in [3.63, 3.8) is 0 Å². The smallest absolute Gasteiger partial charge is 0.162 e. The number of hydrogen-bond donors (Lipinski definition) is 1. The van der Waals surface area contributed by atoms with Gasteiger partial charge in [-0.25, -0.2) is 0 Å². The van der Waals surface area contributed by atoms with Gasteiger partial charge >= 0.3 is 0 Å². The third kappa shape index (κ3) is 4.58. The molecule has 1 saturated carbocycles. The molecule has 1 heterocycles. The normalized spacial score (nSPS) is 19.8. The first-order valence-electron chi connectivity index (χ1n) is 7.98. The maximum atomic E-state index is 5.38. The Morgan fingerprint density at radius 1 is 1.04 bits per heavy atom. The van der Waals surface area contributed by atoms with Gasteiger partial charge in [-0.05, 0) is 30.9 Å². The van der Waals surface area contributed by atoms with Gasteiger partial charge in [0, 0.05) is 17.5 Å². The third-order valence-corrected chi connectivity index (χ3v) is 4.49. The number of anilines is 1. The summed E-state index contributed by atoms with van der Waals surface area (Å²) in [6.07, 6.45) is 7.06. The molecule has 1 fully saturated rings. The maximum Gasteiger partial charge on any atom is 0.162 e. The number of nitrogens with one attached hydrogen (secondary N) is 1. The quantitative estimate of drug-likeness (QED) is 0.811. The zero-order chi connectivity index (χ0) is 15.5. The highest BCUT2D eigenvalue weighted by molar-refractivity contribution is 5.86. The third-order valence-electron chi connectivity index (χ3n) is 4.49. The van der Waals surface area contributed by atoms with Crippen LogP contribution in [-0.2, 0) is 0 Å². The van der Waals surface area contributed by atoms with E-state index in [1.807, 2.05) is 18.3 Å². The Labute approximate surface area is 156 Å². The SMILES string of the molecule is COc1cc2cc(N[C@@H]3CCC[C@@H](C)C3)cnc2cc1OC.Cl.Cl. The summed E-state index contributed by atoms with van der Waals surface area (Å²) in [5, 5.41) is 4.70. The topological polar surface area (TPSA) is 43.4 Å². The number of benzene rings is 1. The summed E-state index contributed by atoms with van der Waals surface area (Å²) < 4.78 is 10.7. The molecule has 0 saturated heterocycles. The van der Waals surface area contributed by atoms with Crippen molar-refractivity contribution in [3.8, 4) is 11.5 Å². The molecule has 1 N–H and O–H groups in total. The second kappa shape index (κ2) is 9.19. The molecule has 6 heteroatoms. The number of fused-ring (bicyclic) bond motifs is 1. The minimum absolute atomic E-state index is 0. The van der Waals surface area contributed by atoms with Crippen LogP contribution in [0.5, 0.6) is 11.5 Å². The van der Waals surface area contributed by atoms with Gasteiger partial charge in [0.2, 0.25) is 0 Å². The largest absolute Gasteiger partial charge is 0.493 e. The number of aromatic nitrogens is 1. The molecule has 4 nitrogen and oxygen atoms in total. The number of pyridine rings is 1. The molecule has 1 aliphatic carbocycles. The second-order valence-electron chi connectivity index (χ2n) is 6.24. The lowest BCUT2D eigenvalue weighted by atomic mass is 9.87. The Bertz CT molecular complexity index is 667. The maximum absolute atomic E-state index is 5.38. The van der Waals surface area contributed by atoms with Gasteiger partial charge in [0.25, 0.3) is 0 Å². The van der Waals surface area contributed by atoms with Gasteiger partial charge in [-0.1, -0.05) is 19.8 Å². The van der Waals surface area contributed by atoms with E-state index in [0.717, 1.165) is 28.3 Å². The van der Waals surface area contributed by atoms with Gasteiger partial charge in [0.1, 0.15) is 0 Å². The summed E-state index contributed by atoms with van der Waals surface area (Å²) in [6, 6.07) is 6.60. The average molecular weight is 373 g/mol. The van der Waals surface area contributed by atoms with Crippen molar-refractivity contribution in [3.05, 3.63) is 24.4 Å². The van der Waals surface area contributed by atoms with Gasteiger partial charge in [-0.2, -0.15) is 0 Å². The summed E-state index contributed by atoms with van der Waals surface area (Å²) in [5.41, 5.74) is 2.00. The molecular formula is C18H26Cl2N2O2. The molecule has 2 atom stereocenters. The lowest BCUT2D eigenvalue weighted by molar-refractivity contribution is 0.355. The van der Waals surface area contributed by atoms with Crippen LogP contribution >= 0.6 is 24.8 Å². The summed E-state index contributed by atoms with van der Waals surface area (Å²) in [7, 11) is 3.30. The van der Waals surface area contributed by atoms with Gasteiger partial charge in [-0.15, -0.1) is 24.8 Å². The molecule has 2 aromatic rings. The van der Waals surface area contributed by atoms with Crippen molar-refractivity contribution in [2.45, 2.75) is 38.6 Å². The van der Waals surface area contributed by atoms with E-state index in [4.69, 9.17) is 9.47 Å². The van der Waals surface area contributed by atoms with E-state index in [2.05, 4.69) is 23.3 Å². The lowest BCUT2D eigenvalue weighted by Crippen LogP contribution is -2.26. The molecule has 0 bridgehead atoms. The van der Waals surface area contributed by atoms with Crippen molar-refractivity contribution in [1.29, 1.82) is 0 Å². The van der Waals surface area contributed by atoms with Crippen molar-refractivity contribution in [2.75, 3.05) is 19.5 Å². The van der Waals surface area contributed by atoms with E-state index >= 15 is 0 Å². The fourth-order valence-corrected chi connectivity index (χ4v) is 3.34. The fraction of sp³-hybridized carbons (Fsp3) is 0.500. The van der Waals surface area contributed by atoms with Crippen LogP contribution in [0.25, 0.3) is 10.9 Å². The van der Waals surface area contributed by atoms with Crippen LogP contribution in [0.1, 0.15) is 32.6 Å². The van der Waals surface area contributed by atoms with Gasteiger partial charge in [0.15, 0.2) is 11.5 Å². The molecule has 0 aliphatic heterocycles. The Morgan fingerprint density at radius 2 is 1.75 bits per heavy atom. The number of ether oxygens (including phenoxy) is 2. The Kier molecular flexibility index (Phi) is 7.91. The van der Waals surface area contributed by atoms with E-state index < -0.39 is 0 Å². The van der Waals surface area contributed by atoms with Crippen LogP contribution in [-0.4, -0.2) is 25.2 Å². The standard InChI is InChI=1S/C18H24N2O2.2ClH/c1-12-5-4-6-14(7-12)20-15-8-13-9-17(21-2)18(22-3)10-16(13)19-11-15;;/h8-12,14,20H,4-7H2,1-3H3;2*1H/t12-,14-;;/m1../s1. The monoisotopic (exact) mass is 372 g/mol. The summed E-state index contributed by atoms with van der Waals surface area (Å²) in [6.45, 7) is 2.34. The van der Waals surface area contributed by atoms with Crippen molar-refractivity contribution in [2.24, 2.45) is 5.92 Å². The molecule has 1 aromatic carbocycles. The van der Waals surface area contributed by atoms with E-state index in [0.29, 0.717) is 11.8 Å². The number of rotatable bonds is 4. The van der Waals surface area contributed by atoms with Crippen molar-refractivity contribution >= 4 is 41.4 Å². The molecule has 3 rings (SSSR count). The Balaban J connectivity index is 0.00000144. The number of halogens is 2. The van der Waals surface area contributed by atoms with E-state index in [9.17, 15) is 0 Å². The molecular weight excluding hydrogens is 347 g/mol. The second-order valence-corrected chi connectivity index (χ2v) is 6.24. The summed E-state index contributed by atoms with van der Waals surface area (Å²) >= 11 is 0. The zero-order valence-corrected chi connectivity index (χ0v) is 16.0. The number of methoxy groups -OCH3 is 2. The zero-order valence-electron chi connectivity index (χ0n) is 14.4. The van der Waals surface area contributed by atoms with E-state index in [-0.39, 0.29) is 24.8 Å². The van der Waals surface area contributed by atoms with Crippen LogP contribution in [0.4, 0.5) is 5.69 Å². The number of nitrogens with zero attached hydrogens (tertiary/aromatic N) is 1. The molecule has 24 heavy (non-hydrogen) atoms. The summed E-state index contributed by atoms with van der Waals surface area (Å²) in [4.78, 5) is 4.55. The number of hydrogen-bond acceptors (Lipinski definition) is 4. The van der Waals surface area contributed by atoms with Crippen LogP contribution < -0.4 is 14.8 Å².